The number of imidazole rings is 1. The van der Waals surface area contributed by atoms with Crippen molar-refractivity contribution in [1.82, 2.24) is 9.55 Å². The van der Waals surface area contributed by atoms with Gasteiger partial charge in [0.1, 0.15) is 0 Å². The molecule has 0 amide bonds. The zero-order chi connectivity index (χ0) is 12.4. The Morgan fingerprint density at radius 3 is 2.88 bits per heavy atom. The van der Waals surface area contributed by atoms with E-state index in [1.165, 1.54) is 23.9 Å². The molecule has 0 radical (unpaired) electrons. The van der Waals surface area contributed by atoms with Crippen LogP contribution in [0.4, 0.5) is 5.95 Å². The molecule has 1 aromatic carbocycles. The van der Waals surface area contributed by atoms with E-state index in [0.717, 1.165) is 11.9 Å². The molecular formula is C14H21N3. The van der Waals surface area contributed by atoms with Crippen LogP contribution in [0.15, 0.2) is 18.2 Å². The predicted octanol–water partition coefficient (Wildman–Crippen LogP) is 3.68. The fourth-order valence-electron chi connectivity index (χ4n) is 2.41. The number of nitrogen functional groups attached to an aromatic ring is 1. The minimum Gasteiger partial charge on any atom is -0.369 e. The topological polar surface area (TPSA) is 43.8 Å². The number of fused-ring (bicyclic) bond motifs is 1. The molecular weight excluding hydrogens is 210 g/mol. The van der Waals surface area contributed by atoms with Crippen LogP contribution in [0.5, 0.6) is 0 Å². The van der Waals surface area contributed by atoms with Crippen LogP contribution in [0.2, 0.25) is 0 Å². The highest BCUT2D eigenvalue weighted by Gasteiger charge is 2.14. The van der Waals surface area contributed by atoms with Gasteiger partial charge in [0.2, 0.25) is 5.95 Å². The summed E-state index contributed by atoms with van der Waals surface area (Å²) in [5, 5.41) is 0. The molecule has 0 aliphatic rings. The molecule has 1 unspecified atom stereocenters. The van der Waals surface area contributed by atoms with E-state index in [9.17, 15) is 0 Å². The van der Waals surface area contributed by atoms with Crippen LogP contribution in [0.3, 0.4) is 0 Å². The van der Waals surface area contributed by atoms with E-state index in [0.29, 0.717) is 12.0 Å². The van der Waals surface area contributed by atoms with Crippen molar-refractivity contribution in [2.24, 2.45) is 0 Å². The number of anilines is 1. The van der Waals surface area contributed by atoms with Gasteiger partial charge >= 0.3 is 0 Å². The molecule has 0 aliphatic heterocycles. The third-order valence-electron chi connectivity index (χ3n) is 3.36. The molecule has 0 saturated carbocycles. The first-order chi connectivity index (χ1) is 8.15. The smallest absolute Gasteiger partial charge is 0.201 e. The van der Waals surface area contributed by atoms with Crippen molar-refractivity contribution in [2.45, 2.75) is 46.1 Å². The van der Waals surface area contributed by atoms with Crippen LogP contribution >= 0.6 is 0 Å². The molecule has 1 aromatic heterocycles. The van der Waals surface area contributed by atoms with Crippen molar-refractivity contribution in [3.8, 4) is 0 Å². The molecule has 0 fully saturated rings. The average Bonchev–Trinajstić information content (AvgIpc) is 2.64. The molecule has 3 nitrogen and oxygen atoms in total. The van der Waals surface area contributed by atoms with Gasteiger partial charge in [-0.05, 0) is 31.9 Å². The largest absolute Gasteiger partial charge is 0.369 e. The van der Waals surface area contributed by atoms with Crippen molar-refractivity contribution in [2.75, 3.05) is 5.73 Å². The van der Waals surface area contributed by atoms with E-state index in [2.05, 4.69) is 36.4 Å². The molecule has 17 heavy (non-hydrogen) atoms. The number of benzene rings is 1. The van der Waals surface area contributed by atoms with Crippen LogP contribution in [0.25, 0.3) is 11.0 Å². The van der Waals surface area contributed by atoms with Gasteiger partial charge in [0.25, 0.3) is 0 Å². The predicted molar refractivity (Wildman–Crippen MR) is 73.1 cm³/mol. The molecule has 92 valence electrons. The van der Waals surface area contributed by atoms with Crippen molar-refractivity contribution < 1.29 is 0 Å². The third kappa shape index (κ3) is 2.14. The second-order valence-corrected chi connectivity index (χ2v) is 4.77. The first-order valence-electron chi connectivity index (χ1n) is 6.38. The number of rotatable bonds is 4. The van der Waals surface area contributed by atoms with Gasteiger partial charge in [-0.3, -0.25) is 0 Å². The zero-order valence-corrected chi connectivity index (χ0v) is 10.9. The first-order valence-corrected chi connectivity index (χ1v) is 6.38. The zero-order valence-electron chi connectivity index (χ0n) is 10.9. The van der Waals surface area contributed by atoms with Gasteiger partial charge in [-0.25, -0.2) is 4.98 Å². The molecule has 1 atom stereocenters. The van der Waals surface area contributed by atoms with E-state index in [-0.39, 0.29) is 0 Å². The van der Waals surface area contributed by atoms with Crippen LogP contribution in [-0.4, -0.2) is 9.55 Å². The molecule has 1 heterocycles. The maximum absolute atomic E-state index is 6.05. The standard InChI is InChI=1S/C14H21N3/c1-4-5-8-11(3)17-13-10(2)7-6-9-12(13)16-14(17)15/h6-7,9,11H,4-5,8H2,1-3H3,(H2,15,16). The highest BCUT2D eigenvalue weighted by Crippen LogP contribution is 2.27. The molecule has 0 saturated heterocycles. The van der Waals surface area contributed by atoms with Crippen molar-refractivity contribution in [3.63, 3.8) is 0 Å². The monoisotopic (exact) mass is 231 g/mol. The van der Waals surface area contributed by atoms with Gasteiger partial charge in [0.15, 0.2) is 0 Å². The van der Waals surface area contributed by atoms with E-state index in [1.807, 2.05) is 12.1 Å². The lowest BCUT2D eigenvalue weighted by Crippen LogP contribution is -2.09. The molecule has 0 bridgehead atoms. The Morgan fingerprint density at radius 2 is 2.18 bits per heavy atom. The minimum atomic E-state index is 0.418. The fourth-order valence-corrected chi connectivity index (χ4v) is 2.41. The summed E-state index contributed by atoms with van der Waals surface area (Å²) in [5.41, 5.74) is 9.49. The fraction of sp³-hybridized carbons (Fsp3) is 0.500. The summed E-state index contributed by atoms with van der Waals surface area (Å²) >= 11 is 0. The van der Waals surface area contributed by atoms with E-state index in [4.69, 9.17) is 5.73 Å². The summed E-state index contributed by atoms with van der Waals surface area (Å²) in [6, 6.07) is 6.60. The van der Waals surface area contributed by atoms with E-state index >= 15 is 0 Å². The van der Waals surface area contributed by atoms with Crippen LogP contribution in [-0.2, 0) is 0 Å². The summed E-state index contributed by atoms with van der Waals surface area (Å²) in [6.45, 7) is 6.55. The molecule has 2 rings (SSSR count). The van der Waals surface area contributed by atoms with Crippen LogP contribution < -0.4 is 5.73 Å². The SMILES string of the molecule is CCCCC(C)n1c(N)nc2cccc(C)c21. The third-order valence-corrected chi connectivity index (χ3v) is 3.36. The summed E-state index contributed by atoms with van der Waals surface area (Å²) in [4.78, 5) is 4.44. The Morgan fingerprint density at radius 1 is 1.41 bits per heavy atom. The second-order valence-electron chi connectivity index (χ2n) is 4.77. The van der Waals surface area contributed by atoms with Crippen molar-refractivity contribution in [1.29, 1.82) is 0 Å². The Hall–Kier alpha value is -1.51. The summed E-state index contributed by atoms with van der Waals surface area (Å²) in [7, 11) is 0. The number of hydrogen-bond acceptors (Lipinski definition) is 2. The van der Waals surface area contributed by atoms with Crippen LogP contribution in [0, 0.1) is 6.92 Å². The van der Waals surface area contributed by atoms with Gasteiger partial charge in [-0.2, -0.15) is 0 Å². The number of para-hydroxylation sites is 1. The normalized spacial score (nSPS) is 13.1. The van der Waals surface area contributed by atoms with Gasteiger partial charge in [0.05, 0.1) is 11.0 Å². The van der Waals surface area contributed by atoms with Gasteiger partial charge in [0, 0.05) is 6.04 Å². The highest BCUT2D eigenvalue weighted by atomic mass is 15.2. The number of nitrogens with zero attached hydrogens (tertiary/aromatic N) is 2. The number of hydrogen-bond donors (Lipinski definition) is 1. The summed E-state index contributed by atoms with van der Waals surface area (Å²) in [5.74, 6) is 0.637. The van der Waals surface area contributed by atoms with Crippen LogP contribution in [0.1, 0.15) is 44.7 Å². The summed E-state index contributed by atoms with van der Waals surface area (Å²) in [6.07, 6.45) is 3.60. The lowest BCUT2D eigenvalue weighted by atomic mass is 10.1. The molecule has 2 N–H and O–H groups in total. The Balaban J connectivity index is 2.48. The number of aromatic nitrogens is 2. The number of nitrogens with two attached hydrogens (primary N) is 1. The Labute approximate surface area is 103 Å². The molecule has 2 aromatic rings. The van der Waals surface area contributed by atoms with E-state index < -0.39 is 0 Å². The van der Waals surface area contributed by atoms with Gasteiger partial charge in [-0.1, -0.05) is 31.9 Å². The molecule has 0 spiro atoms. The lowest BCUT2D eigenvalue weighted by molar-refractivity contribution is 0.501. The molecule has 3 heteroatoms. The van der Waals surface area contributed by atoms with Crippen molar-refractivity contribution >= 4 is 17.0 Å². The number of unbranched alkanes of at least 4 members (excludes halogenated alkanes) is 1. The Kier molecular flexibility index (Phi) is 3.36. The highest BCUT2D eigenvalue weighted by molar-refractivity contribution is 5.81. The molecule has 0 aliphatic carbocycles. The number of aryl methyl sites for hydroxylation is 1. The maximum atomic E-state index is 6.05. The minimum absolute atomic E-state index is 0.418. The Bertz CT molecular complexity index is 513. The first kappa shape index (κ1) is 12.0. The van der Waals surface area contributed by atoms with Gasteiger partial charge in [-0.15, -0.1) is 0 Å². The maximum Gasteiger partial charge on any atom is 0.201 e. The van der Waals surface area contributed by atoms with Crippen molar-refractivity contribution in [3.05, 3.63) is 23.8 Å². The average molecular weight is 231 g/mol. The quantitative estimate of drug-likeness (QED) is 0.872. The summed E-state index contributed by atoms with van der Waals surface area (Å²) < 4.78 is 2.18. The van der Waals surface area contributed by atoms with Gasteiger partial charge < -0.3 is 10.3 Å². The second kappa shape index (κ2) is 4.78. The lowest BCUT2D eigenvalue weighted by Gasteiger charge is -2.16. The van der Waals surface area contributed by atoms with E-state index in [1.54, 1.807) is 0 Å².